The highest BCUT2D eigenvalue weighted by Gasteiger charge is 2.30. The number of halogens is 1. The van der Waals surface area contributed by atoms with Crippen molar-refractivity contribution in [3.8, 4) is 5.69 Å². The predicted molar refractivity (Wildman–Crippen MR) is 100 cm³/mol. The number of tetrazole rings is 1. The zero-order valence-electron chi connectivity index (χ0n) is 14.7. The van der Waals surface area contributed by atoms with Gasteiger partial charge in [-0.05, 0) is 65.6 Å². The van der Waals surface area contributed by atoms with E-state index in [1.165, 1.54) is 23.9 Å². The minimum absolute atomic E-state index is 0.118. The van der Waals surface area contributed by atoms with E-state index < -0.39 is 5.25 Å². The second-order valence-corrected chi connectivity index (χ2v) is 7.62. The lowest BCUT2D eigenvalue weighted by atomic mass is 10.1. The van der Waals surface area contributed by atoms with Gasteiger partial charge in [-0.15, -0.1) is 5.10 Å². The molecule has 0 saturated heterocycles. The molecular formula is C19H18FN5OS. The standard InChI is InChI=1S/C19H18FN5OS/c1-12-3-2-4-16(11-12)25-19(22-23-24-25)27-17(18(26)21-15-9-10-15)13-5-7-14(20)8-6-13/h2-8,11,15,17H,9-10H2,1H3,(H,21,26). The summed E-state index contributed by atoms with van der Waals surface area (Å²) in [4.78, 5) is 12.8. The van der Waals surface area contributed by atoms with Crippen LogP contribution in [0, 0.1) is 12.7 Å². The van der Waals surface area contributed by atoms with Gasteiger partial charge in [0.2, 0.25) is 11.1 Å². The van der Waals surface area contributed by atoms with Gasteiger partial charge in [0.25, 0.3) is 0 Å². The first kappa shape index (κ1) is 17.7. The van der Waals surface area contributed by atoms with Crippen molar-refractivity contribution in [2.24, 2.45) is 0 Å². The lowest BCUT2D eigenvalue weighted by Crippen LogP contribution is -2.30. The molecule has 0 radical (unpaired) electrons. The van der Waals surface area contributed by atoms with E-state index in [0.29, 0.717) is 10.7 Å². The fraction of sp³-hybridized carbons (Fsp3) is 0.263. The van der Waals surface area contributed by atoms with Crippen LogP contribution in [-0.4, -0.2) is 32.2 Å². The molecule has 6 nitrogen and oxygen atoms in total. The minimum atomic E-state index is -0.569. The maximum Gasteiger partial charge on any atom is 0.238 e. The van der Waals surface area contributed by atoms with Crippen molar-refractivity contribution in [3.05, 3.63) is 65.5 Å². The number of aromatic nitrogens is 4. The molecule has 1 unspecified atom stereocenters. The summed E-state index contributed by atoms with van der Waals surface area (Å²) in [7, 11) is 0. The Hall–Kier alpha value is -2.74. The fourth-order valence-corrected chi connectivity index (χ4v) is 3.70. The number of nitrogens with one attached hydrogen (secondary N) is 1. The molecule has 2 aromatic carbocycles. The van der Waals surface area contributed by atoms with E-state index in [2.05, 4.69) is 20.8 Å². The molecule has 0 aliphatic heterocycles. The van der Waals surface area contributed by atoms with Crippen molar-refractivity contribution < 1.29 is 9.18 Å². The Morgan fingerprint density at radius 1 is 1.26 bits per heavy atom. The van der Waals surface area contributed by atoms with Gasteiger partial charge < -0.3 is 5.32 Å². The van der Waals surface area contributed by atoms with Crippen molar-refractivity contribution in [2.75, 3.05) is 0 Å². The largest absolute Gasteiger partial charge is 0.352 e. The van der Waals surface area contributed by atoms with Gasteiger partial charge in [0.15, 0.2) is 0 Å². The molecule has 3 aromatic rings. The first-order valence-electron chi connectivity index (χ1n) is 8.68. The first-order valence-corrected chi connectivity index (χ1v) is 9.56. The third-order valence-corrected chi connectivity index (χ3v) is 5.43. The maximum absolute atomic E-state index is 13.3. The zero-order chi connectivity index (χ0) is 18.8. The smallest absolute Gasteiger partial charge is 0.238 e. The van der Waals surface area contributed by atoms with Gasteiger partial charge in [-0.3, -0.25) is 4.79 Å². The number of carbonyl (C=O) groups excluding carboxylic acids is 1. The molecule has 0 bridgehead atoms. The SMILES string of the molecule is Cc1cccc(-n2nnnc2SC(C(=O)NC2CC2)c2ccc(F)cc2)c1. The summed E-state index contributed by atoms with van der Waals surface area (Å²) in [6.45, 7) is 1.99. The third-order valence-electron chi connectivity index (χ3n) is 4.25. The number of carbonyl (C=O) groups is 1. The van der Waals surface area contributed by atoms with E-state index in [1.807, 2.05) is 31.2 Å². The number of aryl methyl sites for hydroxylation is 1. The van der Waals surface area contributed by atoms with Crippen LogP contribution in [0.25, 0.3) is 5.69 Å². The summed E-state index contributed by atoms with van der Waals surface area (Å²) < 4.78 is 14.9. The molecule has 0 spiro atoms. The van der Waals surface area contributed by atoms with E-state index in [9.17, 15) is 9.18 Å². The maximum atomic E-state index is 13.3. The van der Waals surface area contributed by atoms with Crippen LogP contribution in [-0.2, 0) is 4.79 Å². The average molecular weight is 383 g/mol. The van der Waals surface area contributed by atoms with Crippen LogP contribution in [0.3, 0.4) is 0 Å². The highest BCUT2D eigenvalue weighted by molar-refractivity contribution is 8.00. The Morgan fingerprint density at radius 2 is 2.04 bits per heavy atom. The van der Waals surface area contributed by atoms with Crippen LogP contribution in [0.1, 0.15) is 29.2 Å². The number of nitrogens with zero attached hydrogens (tertiary/aromatic N) is 4. The molecule has 1 fully saturated rings. The molecule has 27 heavy (non-hydrogen) atoms. The van der Waals surface area contributed by atoms with Crippen LogP contribution >= 0.6 is 11.8 Å². The lowest BCUT2D eigenvalue weighted by Gasteiger charge is -2.16. The minimum Gasteiger partial charge on any atom is -0.352 e. The topological polar surface area (TPSA) is 72.7 Å². The molecule has 1 saturated carbocycles. The fourth-order valence-electron chi connectivity index (χ4n) is 2.69. The third kappa shape index (κ3) is 4.16. The number of rotatable bonds is 6. The molecule has 1 amide bonds. The van der Waals surface area contributed by atoms with Crippen molar-refractivity contribution in [1.29, 1.82) is 0 Å². The Labute approximate surface area is 160 Å². The number of thioether (sulfide) groups is 1. The second kappa shape index (κ2) is 7.48. The van der Waals surface area contributed by atoms with Gasteiger partial charge in [0, 0.05) is 6.04 Å². The summed E-state index contributed by atoms with van der Waals surface area (Å²) in [5, 5.41) is 14.9. The number of benzene rings is 2. The van der Waals surface area contributed by atoms with Crippen LogP contribution in [0.5, 0.6) is 0 Å². The molecule has 1 aliphatic rings. The molecular weight excluding hydrogens is 365 g/mol. The summed E-state index contributed by atoms with van der Waals surface area (Å²) in [5.74, 6) is -0.456. The monoisotopic (exact) mass is 383 g/mol. The van der Waals surface area contributed by atoms with Gasteiger partial charge in [-0.1, -0.05) is 36.0 Å². The Kier molecular flexibility index (Phi) is 4.89. The predicted octanol–water partition coefficient (Wildman–Crippen LogP) is 3.22. The van der Waals surface area contributed by atoms with Crippen molar-refractivity contribution in [2.45, 2.75) is 36.2 Å². The Bertz CT molecular complexity index is 955. The van der Waals surface area contributed by atoms with Crippen molar-refractivity contribution in [1.82, 2.24) is 25.5 Å². The Morgan fingerprint density at radius 3 is 2.74 bits per heavy atom. The molecule has 1 atom stereocenters. The van der Waals surface area contributed by atoms with Crippen molar-refractivity contribution in [3.63, 3.8) is 0 Å². The molecule has 1 aromatic heterocycles. The van der Waals surface area contributed by atoms with E-state index >= 15 is 0 Å². The van der Waals surface area contributed by atoms with Gasteiger partial charge in [0.05, 0.1) is 5.69 Å². The quantitative estimate of drug-likeness (QED) is 0.662. The lowest BCUT2D eigenvalue weighted by molar-refractivity contribution is -0.120. The zero-order valence-corrected chi connectivity index (χ0v) is 15.5. The van der Waals surface area contributed by atoms with Crippen LogP contribution < -0.4 is 5.32 Å². The molecule has 1 heterocycles. The second-order valence-electron chi connectivity index (χ2n) is 6.54. The van der Waals surface area contributed by atoms with E-state index in [1.54, 1.807) is 16.8 Å². The summed E-state index contributed by atoms with van der Waals surface area (Å²) >= 11 is 1.25. The Balaban J connectivity index is 1.64. The number of amides is 1. The van der Waals surface area contributed by atoms with Gasteiger partial charge in [-0.2, -0.15) is 4.68 Å². The average Bonchev–Trinajstić information content (AvgIpc) is 3.34. The molecule has 8 heteroatoms. The van der Waals surface area contributed by atoms with E-state index in [0.717, 1.165) is 24.1 Å². The molecule has 4 rings (SSSR count). The summed E-state index contributed by atoms with van der Waals surface area (Å²) in [6.07, 6.45) is 1.99. The van der Waals surface area contributed by atoms with Crippen LogP contribution in [0.2, 0.25) is 0 Å². The van der Waals surface area contributed by atoms with Gasteiger partial charge in [-0.25, -0.2) is 4.39 Å². The first-order chi connectivity index (χ1) is 13.1. The van der Waals surface area contributed by atoms with Gasteiger partial charge in [0.1, 0.15) is 11.1 Å². The van der Waals surface area contributed by atoms with Crippen LogP contribution in [0.4, 0.5) is 4.39 Å². The molecule has 138 valence electrons. The highest BCUT2D eigenvalue weighted by Crippen LogP contribution is 2.36. The number of hydrogen-bond donors (Lipinski definition) is 1. The molecule has 1 N–H and O–H groups in total. The number of hydrogen-bond acceptors (Lipinski definition) is 5. The highest BCUT2D eigenvalue weighted by atomic mass is 32.2. The van der Waals surface area contributed by atoms with Gasteiger partial charge >= 0.3 is 0 Å². The molecule has 1 aliphatic carbocycles. The summed E-state index contributed by atoms with van der Waals surface area (Å²) in [6, 6.07) is 14.0. The van der Waals surface area contributed by atoms with E-state index in [-0.39, 0.29) is 17.8 Å². The summed E-state index contributed by atoms with van der Waals surface area (Å²) in [5.41, 5.74) is 2.61. The van der Waals surface area contributed by atoms with Crippen LogP contribution in [0.15, 0.2) is 53.7 Å². The van der Waals surface area contributed by atoms with E-state index in [4.69, 9.17) is 0 Å². The van der Waals surface area contributed by atoms with Crippen molar-refractivity contribution >= 4 is 17.7 Å². The normalized spacial score (nSPS) is 14.7.